The van der Waals surface area contributed by atoms with Gasteiger partial charge in [0, 0.05) is 6.42 Å². The van der Waals surface area contributed by atoms with Crippen LogP contribution in [0.4, 0.5) is 9.18 Å². The Balaban J connectivity index is 2.52. The molecular formula is C5H5FO3. The van der Waals surface area contributed by atoms with Crippen molar-refractivity contribution in [3.63, 3.8) is 0 Å². The third-order valence-corrected chi connectivity index (χ3v) is 0.844. The maximum absolute atomic E-state index is 12.1. The van der Waals surface area contributed by atoms with Crippen LogP contribution in [-0.4, -0.2) is 12.8 Å². The smallest absolute Gasteiger partial charge is 0.434 e. The third kappa shape index (κ3) is 1.71. The average molecular weight is 132 g/mol. The van der Waals surface area contributed by atoms with Crippen LogP contribution in [0.5, 0.6) is 0 Å². The van der Waals surface area contributed by atoms with Crippen molar-refractivity contribution in [2.45, 2.75) is 6.42 Å². The van der Waals surface area contributed by atoms with Gasteiger partial charge in [0.25, 0.3) is 0 Å². The molecule has 0 saturated heterocycles. The van der Waals surface area contributed by atoms with Crippen molar-refractivity contribution < 1.29 is 18.7 Å². The molecule has 4 heteroatoms. The summed E-state index contributed by atoms with van der Waals surface area (Å²) >= 11 is 0. The monoisotopic (exact) mass is 132 g/mol. The number of halogens is 1. The van der Waals surface area contributed by atoms with E-state index in [-0.39, 0.29) is 13.0 Å². The van der Waals surface area contributed by atoms with Crippen LogP contribution in [0.25, 0.3) is 0 Å². The van der Waals surface area contributed by atoms with Crippen LogP contribution in [0.2, 0.25) is 0 Å². The van der Waals surface area contributed by atoms with Gasteiger partial charge in [0.1, 0.15) is 18.7 Å². The van der Waals surface area contributed by atoms with Crippen LogP contribution < -0.4 is 0 Å². The second-order valence-electron chi connectivity index (χ2n) is 1.53. The molecule has 3 nitrogen and oxygen atoms in total. The fraction of sp³-hybridized carbons (Fsp3) is 0.400. The number of cyclic esters (lactones) is 2. The van der Waals surface area contributed by atoms with Gasteiger partial charge in [0.15, 0.2) is 0 Å². The predicted molar refractivity (Wildman–Crippen MR) is 26.2 cm³/mol. The second-order valence-corrected chi connectivity index (χ2v) is 1.53. The Bertz CT molecular complexity index is 152. The van der Waals surface area contributed by atoms with Gasteiger partial charge in [0.05, 0.1) is 0 Å². The van der Waals surface area contributed by atoms with E-state index in [1.54, 1.807) is 0 Å². The van der Waals surface area contributed by atoms with Crippen molar-refractivity contribution in [1.29, 1.82) is 0 Å². The molecule has 0 spiro atoms. The van der Waals surface area contributed by atoms with Gasteiger partial charge in [-0.2, -0.15) is 0 Å². The highest BCUT2D eigenvalue weighted by Gasteiger charge is 2.08. The molecule has 50 valence electrons. The lowest BCUT2D eigenvalue weighted by Crippen LogP contribution is -2.00. The van der Waals surface area contributed by atoms with E-state index < -0.39 is 12.0 Å². The Labute approximate surface area is 51.1 Å². The van der Waals surface area contributed by atoms with Gasteiger partial charge in [-0.15, -0.1) is 0 Å². The van der Waals surface area contributed by atoms with Crippen LogP contribution in [0, 0.1) is 0 Å². The molecule has 0 saturated carbocycles. The van der Waals surface area contributed by atoms with E-state index in [1.165, 1.54) is 0 Å². The summed E-state index contributed by atoms with van der Waals surface area (Å²) in [7, 11) is 0. The molecule has 0 N–H and O–H groups in total. The van der Waals surface area contributed by atoms with Gasteiger partial charge in [0.2, 0.25) is 0 Å². The molecule has 0 unspecified atom stereocenters. The van der Waals surface area contributed by atoms with Gasteiger partial charge >= 0.3 is 6.16 Å². The van der Waals surface area contributed by atoms with Crippen molar-refractivity contribution in [2.24, 2.45) is 0 Å². The molecule has 1 rings (SSSR count). The fourth-order valence-corrected chi connectivity index (χ4v) is 0.437. The van der Waals surface area contributed by atoms with Gasteiger partial charge in [-0.3, -0.25) is 0 Å². The molecule has 0 fully saturated rings. The number of rotatable bonds is 0. The Morgan fingerprint density at radius 2 is 2.44 bits per heavy atom. The molecule has 1 aliphatic heterocycles. The van der Waals surface area contributed by atoms with Crippen molar-refractivity contribution in [1.82, 2.24) is 0 Å². The molecular weight excluding hydrogens is 127 g/mol. The summed E-state index contributed by atoms with van der Waals surface area (Å²) in [6.45, 7) is 0.0567. The summed E-state index contributed by atoms with van der Waals surface area (Å²) < 4.78 is 20.6. The highest BCUT2D eigenvalue weighted by atomic mass is 19.1. The zero-order valence-electron chi connectivity index (χ0n) is 4.59. The lowest BCUT2D eigenvalue weighted by Gasteiger charge is -1.93. The summed E-state index contributed by atoms with van der Waals surface area (Å²) in [6.07, 6.45) is 0.0174. The molecule has 0 aromatic heterocycles. The zero-order valence-corrected chi connectivity index (χ0v) is 4.59. The topological polar surface area (TPSA) is 35.5 Å². The van der Waals surface area contributed by atoms with Gasteiger partial charge < -0.3 is 9.47 Å². The Morgan fingerprint density at radius 3 is 3.22 bits per heavy atom. The van der Waals surface area contributed by atoms with E-state index in [1.807, 2.05) is 0 Å². The lowest BCUT2D eigenvalue weighted by atomic mass is 10.4. The molecule has 0 aliphatic carbocycles. The SMILES string of the molecule is O=C1OC=C(F)CCO1. The molecule has 0 bridgehead atoms. The van der Waals surface area contributed by atoms with E-state index in [0.717, 1.165) is 6.26 Å². The summed E-state index contributed by atoms with van der Waals surface area (Å²) in [5.41, 5.74) is 0. The van der Waals surface area contributed by atoms with E-state index in [2.05, 4.69) is 9.47 Å². The highest BCUT2D eigenvalue weighted by Crippen LogP contribution is 2.07. The van der Waals surface area contributed by atoms with Crippen LogP contribution in [0.1, 0.15) is 6.42 Å². The largest absolute Gasteiger partial charge is 0.513 e. The minimum Gasteiger partial charge on any atom is -0.434 e. The van der Waals surface area contributed by atoms with Crippen molar-refractivity contribution in [3.05, 3.63) is 12.1 Å². The first-order valence-electron chi connectivity index (χ1n) is 2.47. The molecule has 0 atom stereocenters. The first kappa shape index (κ1) is 6.07. The third-order valence-electron chi connectivity index (χ3n) is 0.844. The summed E-state index contributed by atoms with van der Waals surface area (Å²) in [5.74, 6) is -0.471. The van der Waals surface area contributed by atoms with Gasteiger partial charge in [-0.25, -0.2) is 9.18 Å². The first-order valence-corrected chi connectivity index (χ1v) is 2.47. The maximum Gasteiger partial charge on any atom is 0.513 e. The van der Waals surface area contributed by atoms with E-state index in [0.29, 0.717) is 0 Å². The van der Waals surface area contributed by atoms with E-state index in [4.69, 9.17) is 0 Å². The van der Waals surface area contributed by atoms with E-state index >= 15 is 0 Å². The number of hydrogen-bond acceptors (Lipinski definition) is 3. The summed E-state index contributed by atoms with van der Waals surface area (Å²) in [4.78, 5) is 10.2. The van der Waals surface area contributed by atoms with Crippen LogP contribution in [-0.2, 0) is 9.47 Å². The van der Waals surface area contributed by atoms with Crippen molar-refractivity contribution in [2.75, 3.05) is 6.61 Å². The minimum absolute atomic E-state index is 0.0567. The minimum atomic E-state index is -0.845. The standard InChI is InChI=1S/C5H5FO3/c6-4-1-2-8-5(7)9-3-4/h3H,1-2H2. The quantitative estimate of drug-likeness (QED) is 0.467. The average Bonchev–Trinajstić information content (AvgIpc) is 1.97. The summed E-state index contributed by atoms with van der Waals surface area (Å²) in [5, 5.41) is 0. The number of hydrogen-bond donors (Lipinski definition) is 0. The van der Waals surface area contributed by atoms with Crippen molar-refractivity contribution >= 4 is 6.16 Å². The predicted octanol–water partition coefficient (Wildman–Crippen LogP) is 1.35. The Kier molecular flexibility index (Phi) is 1.67. The summed E-state index contributed by atoms with van der Waals surface area (Å²) in [6, 6.07) is 0. The molecule has 9 heavy (non-hydrogen) atoms. The molecule has 0 amide bonds. The normalized spacial score (nSPS) is 19.2. The molecule has 0 radical (unpaired) electrons. The van der Waals surface area contributed by atoms with Gasteiger partial charge in [-0.05, 0) is 0 Å². The molecule has 1 heterocycles. The Morgan fingerprint density at radius 1 is 1.67 bits per heavy atom. The van der Waals surface area contributed by atoms with Crippen LogP contribution in [0.3, 0.4) is 0 Å². The molecule has 1 aliphatic rings. The first-order chi connectivity index (χ1) is 4.29. The fourth-order valence-electron chi connectivity index (χ4n) is 0.437. The number of ether oxygens (including phenoxy) is 2. The highest BCUT2D eigenvalue weighted by molar-refractivity contribution is 5.60. The Hall–Kier alpha value is -1.06. The zero-order chi connectivity index (χ0) is 6.69. The number of carbonyl (C=O) groups is 1. The van der Waals surface area contributed by atoms with Gasteiger partial charge in [-0.1, -0.05) is 0 Å². The van der Waals surface area contributed by atoms with Crippen LogP contribution >= 0.6 is 0 Å². The lowest BCUT2D eigenvalue weighted by molar-refractivity contribution is 0.0916. The maximum atomic E-state index is 12.1. The molecule has 0 aromatic carbocycles. The molecule has 0 aromatic rings. The number of carbonyl (C=O) groups excluding carboxylic acids is 1. The second kappa shape index (κ2) is 2.48. The van der Waals surface area contributed by atoms with E-state index in [9.17, 15) is 9.18 Å². The van der Waals surface area contributed by atoms with Crippen LogP contribution in [0.15, 0.2) is 12.1 Å². The van der Waals surface area contributed by atoms with Crippen molar-refractivity contribution in [3.8, 4) is 0 Å².